The first-order chi connectivity index (χ1) is 14.1. The second-order valence-electron chi connectivity index (χ2n) is 7.40. The Labute approximate surface area is 170 Å². The van der Waals surface area contributed by atoms with Crippen LogP contribution in [0, 0.1) is 6.92 Å². The van der Waals surface area contributed by atoms with Gasteiger partial charge in [-0.3, -0.25) is 4.79 Å². The lowest BCUT2D eigenvalue weighted by Crippen LogP contribution is -2.42. The lowest BCUT2D eigenvalue weighted by atomic mass is 10.0. The van der Waals surface area contributed by atoms with E-state index in [1.54, 1.807) is 11.8 Å². The van der Waals surface area contributed by atoms with Gasteiger partial charge in [0.05, 0.1) is 18.4 Å². The number of nitrogens with zero attached hydrogens (tertiary/aromatic N) is 2. The zero-order chi connectivity index (χ0) is 20.2. The first-order valence-electron chi connectivity index (χ1n) is 9.97. The van der Waals surface area contributed by atoms with E-state index in [-0.39, 0.29) is 11.9 Å². The van der Waals surface area contributed by atoms with Gasteiger partial charge in [-0.15, -0.1) is 0 Å². The molecule has 3 aromatic rings. The molecule has 2 heterocycles. The van der Waals surface area contributed by atoms with Crippen molar-refractivity contribution >= 4 is 5.91 Å². The lowest BCUT2D eigenvalue weighted by molar-refractivity contribution is 0.0930. The van der Waals surface area contributed by atoms with Crippen molar-refractivity contribution in [3.8, 4) is 22.7 Å². The minimum atomic E-state index is -0.0897. The van der Waals surface area contributed by atoms with Crippen molar-refractivity contribution < 1.29 is 9.53 Å². The van der Waals surface area contributed by atoms with E-state index in [9.17, 15) is 4.79 Å². The van der Waals surface area contributed by atoms with Crippen LogP contribution in [0.25, 0.3) is 16.9 Å². The van der Waals surface area contributed by atoms with Crippen molar-refractivity contribution in [2.24, 2.45) is 0 Å². The van der Waals surface area contributed by atoms with Gasteiger partial charge in [0.2, 0.25) is 0 Å². The fourth-order valence-electron chi connectivity index (χ4n) is 3.58. The summed E-state index contributed by atoms with van der Waals surface area (Å²) in [4.78, 5) is 13.1. The third kappa shape index (κ3) is 4.32. The summed E-state index contributed by atoms with van der Waals surface area (Å²) in [6.07, 6.45) is 3.69. The molecule has 4 rings (SSSR count). The van der Waals surface area contributed by atoms with E-state index >= 15 is 0 Å². The number of hydrogen-bond acceptors (Lipinski definition) is 4. The highest BCUT2D eigenvalue weighted by Gasteiger charge is 2.22. The number of amides is 1. The van der Waals surface area contributed by atoms with Gasteiger partial charge in [0, 0.05) is 17.8 Å². The van der Waals surface area contributed by atoms with Gasteiger partial charge >= 0.3 is 0 Å². The summed E-state index contributed by atoms with van der Waals surface area (Å²) in [5.74, 6) is 0.644. The molecule has 6 nitrogen and oxygen atoms in total. The Kier molecular flexibility index (Phi) is 5.62. The van der Waals surface area contributed by atoms with Crippen molar-refractivity contribution in [1.29, 1.82) is 0 Å². The summed E-state index contributed by atoms with van der Waals surface area (Å²) in [5.41, 5.74) is 4.16. The van der Waals surface area contributed by atoms with Gasteiger partial charge in [-0.2, -0.15) is 5.10 Å². The minimum absolute atomic E-state index is 0.0897. The highest BCUT2D eigenvalue weighted by molar-refractivity contribution is 6.00. The quantitative estimate of drug-likeness (QED) is 0.701. The number of benzene rings is 2. The molecule has 2 aromatic carbocycles. The molecule has 0 unspecified atom stereocenters. The molecule has 1 aliphatic heterocycles. The fraction of sp³-hybridized carbons (Fsp3) is 0.304. The maximum absolute atomic E-state index is 13.1. The normalized spacial score (nSPS) is 14.6. The largest absolute Gasteiger partial charge is 0.497 e. The van der Waals surface area contributed by atoms with Crippen LogP contribution in [0.1, 0.15) is 28.8 Å². The first-order valence-corrected chi connectivity index (χ1v) is 9.97. The van der Waals surface area contributed by atoms with Gasteiger partial charge in [-0.25, -0.2) is 4.68 Å². The van der Waals surface area contributed by atoms with Crippen LogP contribution in [0.15, 0.2) is 54.7 Å². The van der Waals surface area contributed by atoms with E-state index in [4.69, 9.17) is 9.84 Å². The highest BCUT2D eigenvalue weighted by Crippen LogP contribution is 2.27. The van der Waals surface area contributed by atoms with E-state index in [0.29, 0.717) is 11.3 Å². The van der Waals surface area contributed by atoms with E-state index in [1.165, 1.54) is 5.56 Å². The monoisotopic (exact) mass is 390 g/mol. The smallest absolute Gasteiger partial charge is 0.255 e. The summed E-state index contributed by atoms with van der Waals surface area (Å²) in [5, 5.41) is 11.3. The molecular weight excluding hydrogens is 364 g/mol. The number of ether oxygens (including phenoxy) is 1. The second-order valence-corrected chi connectivity index (χ2v) is 7.40. The predicted molar refractivity (Wildman–Crippen MR) is 114 cm³/mol. The Balaban J connectivity index is 1.72. The van der Waals surface area contributed by atoms with Crippen molar-refractivity contribution in [2.75, 3.05) is 20.2 Å². The van der Waals surface area contributed by atoms with E-state index in [1.807, 2.05) is 61.7 Å². The topological polar surface area (TPSA) is 68.2 Å². The molecule has 1 saturated heterocycles. The number of aryl methyl sites for hydroxylation is 1. The zero-order valence-electron chi connectivity index (χ0n) is 16.8. The molecule has 1 amide bonds. The summed E-state index contributed by atoms with van der Waals surface area (Å²) in [7, 11) is 1.63. The molecule has 1 fully saturated rings. The van der Waals surface area contributed by atoms with E-state index < -0.39 is 0 Å². The van der Waals surface area contributed by atoms with Gasteiger partial charge in [0.25, 0.3) is 5.91 Å². The van der Waals surface area contributed by atoms with Crippen LogP contribution in [0.3, 0.4) is 0 Å². The van der Waals surface area contributed by atoms with Crippen LogP contribution in [-0.2, 0) is 0 Å². The molecule has 0 spiro atoms. The first kappa shape index (κ1) is 19.2. The maximum atomic E-state index is 13.1. The summed E-state index contributed by atoms with van der Waals surface area (Å²) in [6.45, 7) is 3.90. The Hall–Kier alpha value is -3.12. The number of hydrogen-bond donors (Lipinski definition) is 2. The van der Waals surface area contributed by atoms with Crippen LogP contribution in [-0.4, -0.2) is 41.9 Å². The molecule has 29 heavy (non-hydrogen) atoms. The Bertz CT molecular complexity index is 988. The van der Waals surface area contributed by atoms with Gasteiger partial charge in [0.15, 0.2) is 0 Å². The van der Waals surface area contributed by atoms with Crippen LogP contribution in [0.5, 0.6) is 5.75 Å². The number of piperidine rings is 1. The number of methoxy groups -OCH3 is 1. The van der Waals surface area contributed by atoms with Gasteiger partial charge in [-0.1, -0.05) is 29.8 Å². The number of rotatable bonds is 5. The third-order valence-electron chi connectivity index (χ3n) is 5.27. The maximum Gasteiger partial charge on any atom is 0.255 e. The zero-order valence-corrected chi connectivity index (χ0v) is 16.8. The van der Waals surface area contributed by atoms with Crippen molar-refractivity contribution in [3.05, 3.63) is 65.9 Å². The number of nitrogens with one attached hydrogen (secondary N) is 2. The second kappa shape index (κ2) is 8.49. The Morgan fingerprint density at radius 2 is 1.93 bits per heavy atom. The summed E-state index contributed by atoms with van der Waals surface area (Å²) in [6, 6.07) is 15.9. The molecule has 150 valence electrons. The molecule has 0 bridgehead atoms. The average molecular weight is 390 g/mol. The molecule has 0 radical (unpaired) electrons. The van der Waals surface area contributed by atoms with Crippen LogP contribution < -0.4 is 15.4 Å². The molecule has 6 heteroatoms. The minimum Gasteiger partial charge on any atom is -0.497 e. The Morgan fingerprint density at radius 3 is 2.66 bits per heavy atom. The van der Waals surface area contributed by atoms with Crippen molar-refractivity contribution in [2.45, 2.75) is 25.8 Å². The Morgan fingerprint density at radius 1 is 1.17 bits per heavy atom. The predicted octanol–water partition coefficient (Wildman–Crippen LogP) is 3.34. The van der Waals surface area contributed by atoms with Crippen LogP contribution >= 0.6 is 0 Å². The van der Waals surface area contributed by atoms with Crippen molar-refractivity contribution in [1.82, 2.24) is 20.4 Å². The molecule has 1 aliphatic rings. The number of aromatic nitrogens is 2. The van der Waals surface area contributed by atoms with Crippen LogP contribution in [0.4, 0.5) is 0 Å². The summed E-state index contributed by atoms with van der Waals surface area (Å²) >= 11 is 0. The van der Waals surface area contributed by atoms with Gasteiger partial charge in [0.1, 0.15) is 11.4 Å². The standard InChI is InChI=1S/C23H26N4O2/c1-16-6-8-19(9-7-16)27-15-21(23(28)25-18-10-12-24-13-11-18)22(26-27)17-4-3-5-20(14-17)29-2/h3-9,14-15,18,24H,10-13H2,1-2H3,(H,25,28). The molecule has 0 saturated carbocycles. The highest BCUT2D eigenvalue weighted by atomic mass is 16.5. The van der Waals surface area contributed by atoms with Crippen LogP contribution in [0.2, 0.25) is 0 Å². The number of carbonyl (C=O) groups excluding carboxylic acids is 1. The van der Waals surface area contributed by atoms with Crippen molar-refractivity contribution in [3.63, 3.8) is 0 Å². The SMILES string of the molecule is COc1cccc(-c2nn(-c3ccc(C)cc3)cc2C(=O)NC2CCNCC2)c1. The third-order valence-corrected chi connectivity index (χ3v) is 5.27. The van der Waals surface area contributed by atoms with E-state index in [2.05, 4.69) is 10.6 Å². The van der Waals surface area contributed by atoms with Gasteiger partial charge < -0.3 is 15.4 Å². The summed E-state index contributed by atoms with van der Waals surface area (Å²) < 4.78 is 7.13. The fourth-order valence-corrected chi connectivity index (χ4v) is 3.58. The van der Waals surface area contributed by atoms with Gasteiger partial charge in [-0.05, 0) is 57.1 Å². The molecule has 2 N–H and O–H groups in total. The number of carbonyl (C=O) groups is 1. The molecule has 0 aliphatic carbocycles. The molecule has 1 aromatic heterocycles. The molecule has 0 atom stereocenters. The average Bonchev–Trinajstić information content (AvgIpc) is 3.21. The van der Waals surface area contributed by atoms with E-state index in [0.717, 1.165) is 42.9 Å². The lowest BCUT2D eigenvalue weighted by Gasteiger charge is -2.23. The molecular formula is C23H26N4O2.